The molecule has 0 radical (unpaired) electrons. The molecule has 0 N–H and O–H groups in total. The van der Waals surface area contributed by atoms with Crippen molar-refractivity contribution in [2.75, 3.05) is 107 Å². The van der Waals surface area contributed by atoms with E-state index in [0.29, 0.717) is 93.8 Å². The lowest BCUT2D eigenvalue weighted by Gasteiger charge is -2.40. The summed E-state index contributed by atoms with van der Waals surface area (Å²) >= 11 is 0. The van der Waals surface area contributed by atoms with Gasteiger partial charge in [-0.3, -0.25) is 48.4 Å². The molecule has 0 bridgehead atoms. The molecule has 6 amide bonds. The van der Waals surface area contributed by atoms with E-state index in [4.69, 9.17) is 45.5 Å². The van der Waals surface area contributed by atoms with E-state index in [2.05, 4.69) is 9.80 Å². The lowest BCUT2D eigenvalue weighted by atomic mass is 9.80. The van der Waals surface area contributed by atoms with Crippen molar-refractivity contribution < 1.29 is 74.3 Å². The van der Waals surface area contributed by atoms with Gasteiger partial charge < -0.3 is 55.3 Å². The van der Waals surface area contributed by atoms with Gasteiger partial charge in [0, 0.05) is 138 Å². The van der Waals surface area contributed by atoms with Gasteiger partial charge in [0.2, 0.25) is 11.8 Å². The fourth-order valence-corrected chi connectivity index (χ4v) is 17.4. The summed E-state index contributed by atoms with van der Waals surface area (Å²) in [5, 5.41) is 2.34. The predicted octanol–water partition coefficient (Wildman–Crippen LogP) is 11.2. The van der Waals surface area contributed by atoms with Crippen molar-refractivity contribution in [3.05, 3.63) is 166 Å². The highest BCUT2D eigenvalue weighted by atomic mass is 28.4. The Morgan fingerprint density at radius 2 is 0.571 bits per heavy atom. The number of carbonyl (C=O) groups excluding carboxylic acids is 6. The number of benzene rings is 9. The molecule has 0 aromatic heterocycles. The van der Waals surface area contributed by atoms with E-state index in [1.54, 1.807) is 139 Å². The standard InChI is InChI=1S/C74H78N6O16Si2/c1-43-13-21-49(22-14-43)93-57-37-53-61-54(72(84)79(71(53)83)47(5)69(81)77-33-29-75(30-34-77)41-97(87-7,88-8)89-9)39-59(95-51-25-17-45(3)18-26-51)65-66-60(96-52-27-19-46(4)20-28-52)40-56-62-55(38-58(64(68(62)66)63(57)67(61)65)94-50-23-15-44(2)16-24-50)73(85)80(74(56)86)48(6)70(82)78-35-31-76(32-36-78)42-98(90-10,91-11)92-12/h13-28,37-40,47-48H,29-36,41-42H2,1-12H3. The van der Waals surface area contributed by atoms with E-state index in [1.165, 1.54) is 0 Å². The molecule has 508 valence electrons. The number of hydrogen-bond donors (Lipinski definition) is 0. The maximum absolute atomic E-state index is 16.0. The van der Waals surface area contributed by atoms with Crippen LogP contribution in [0, 0.1) is 27.7 Å². The van der Waals surface area contributed by atoms with Gasteiger partial charge in [0.05, 0.1) is 34.6 Å². The Bertz CT molecular complexity index is 4100. The van der Waals surface area contributed by atoms with Crippen LogP contribution in [0.2, 0.25) is 0 Å². The Hall–Kier alpha value is -9.19. The smallest absolute Gasteiger partial charge is 0.457 e. The summed E-state index contributed by atoms with van der Waals surface area (Å²) in [7, 11) is 3.27. The van der Waals surface area contributed by atoms with Crippen LogP contribution in [0.1, 0.15) is 77.5 Å². The molecule has 4 aliphatic rings. The number of amides is 6. The number of fused-ring (bicyclic) bond motifs is 2. The number of piperazine rings is 2. The first-order valence-corrected chi connectivity index (χ1v) is 36.5. The average molecular weight is 1360 g/mol. The second-order valence-corrected chi connectivity index (χ2v) is 31.3. The molecule has 22 nitrogen and oxygen atoms in total. The molecular formula is C74H78N6O16Si2. The van der Waals surface area contributed by atoms with Crippen LogP contribution < -0.4 is 18.9 Å². The Morgan fingerprint density at radius 1 is 0.347 bits per heavy atom. The molecule has 4 aliphatic heterocycles. The topological polar surface area (TPSA) is 214 Å². The summed E-state index contributed by atoms with van der Waals surface area (Å²) in [5.74, 6) is -1.92. The molecule has 13 rings (SSSR count). The first-order chi connectivity index (χ1) is 47.1. The molecule has 98 heavy (non-hydrogen) atoms. The zero-order valence-corrected chi connectivity index (χ0v) is 59.0. The number of rotatable bonds is 22. The number of imide groups is 2. The summed E-state index contributed by atoms with van der Waals surface area (Å²) in [6.45, 7) is 13.8. The van der Waals surface area contributed by atoms with Gasteiger partial charge in [0.15, 0.2) is 0 Å². The number of carbonyl (C=O) groups is 6. The second kappa shape index (κ2) is 26.9. The number of aryl methyl sites for hydroxylation is 4. The Morgan fingerprint density at radius 3 is 0.786 bits per heavy atom. The lowest BCUT2D eigenvalue weighted by Crippen LogP contribution is -2.60. The third-order valence-electron chi connectivity index (χ3n) is 19.5. The van der Waals surface area contributed by atoms with Gasteiger partial charge in [-0.25, -0.2) is 0 Å². The minimum absolute atomic E-state index is 0.0417. The van der Waals surface area contributed by atoms with Crippen LogP contribution >= 0.6 is 0 Å². The van der Waals surface area contributed by atoms with Gasteiger partial charge in [0.25, 0.3) is 23.6 Å². The van der Waals surface area contributed by atoms with Crippen LogP contribution in [-0.2, 0) is 36.1 Å². The monoisotopic (exact) mass is 1360 g/mol. The van der Waals surface area contributed by atoms with Crippen molar-refractivity contribution in [3.63, 3.8) is 0 Å². The third kappa shape index (κ3) is 12.0. The number of nitrogens with zero attached hydrogens (tertiary/aromatic N) is 6. The van der Waals surface area contributed by atoms with Gasteiger partial charge in [0.1, 0.15) is 58.1 Å². The van der Waals surface area contributed by atoms with Crippen molar-refractivity contribution in [3.8, 4) is 46.0 Å². The van der Waals surface area contributed by atoms with Crippen molar-refractivity contribution in [2.45, 2.75) is 53.6 Å². The third-order valence-corrected chi connectivity index (χ3v) is 24.9. The molecule has 2 atom stereocenters. The predicted molar refractivity (Wildman–Crippen MR) is 372 cm³/mol. The van der Waals surface area contributed by atoms with Crippen molar-refractivity contribution >= 4 is 96.1 Å². The molecule has 2 fully saturated rings. The lowest BCUT2D eigenvalue weighted by molar-refractivity contribution is -0.137. The van der Waals surface area contributed by atoms with Crippen LogP contribution in [-0.4, -0.2) is 202 Å². The van der Waals surface area contributed by atoms with Crippen LogP contribution in [0.3, 0.4) is 0 Å². The van der Waals surface area contributed by atoms with E-state index in [-0.39, 0.29) is 82.2 Å². The van der Waals surface area contributed by atoms with Crippen LogP contribution in [0.15, 0.2) is 121 Å². The summed E-state index contributed by atoms with van der Waals surface area (Å²) < 4.78 is 62.9. The number of ether oxygens (including phenoxy) is 4. The zero-order valence-electron chi connectivity index (χ0n) is 57.0. The molecule has 9 aromatic rings. The molecule has 0 spiro atoms. The minimum atomic E-state index is -3.02. The van der Waals surface area contributed by atoms with E-state index in [9.17, 15) is 0 Å². The first kappa shape index (κ1) is 67.4. The summed E-state index contributed by atoms with van der Waals surface area (Å²) in [5.41, 5.74) is 3.95. The highest BCUT2D eigenvalue weighted by molar-refractivity contribution is 6.61. The fourth-order valence-electron chi connectivity index (χ4n) is 13.9. The van der Waals surface area contributed by atoms with Gasteiger partial charge in [-0.2, -0.15) is 0 Å². The molecular weight excluding hydrogens is 1290 g/mol. The van der Waals surface area contributed by atoms with Gasteiger partial charge >= 0.3 is 17.6 Å². The molecule has 24 heteroatoms. The van der Waals surface area contributed by atoms with Crippen LogP contribution in [0.25, 0.3) is 43.1 Å². The van der Waals surface area contributed by atoms with Crippen molar-refractivity contribution in [2.24, 2.45) is 0 Å². The molecule has 9 aromatic carbocycles. The quantitative estimate of drug-likeness (QED) is 0.0267. The van der Waals surface area contributed by atoms with Crippen molar-refractivity contribution in [1.29, 1.82) is 0 Å². The molecule has 4 heterocycles. The van der Waals surface area contributed by atoms with E-state index < -0.39 is 65.1 Å². The first-order valence-electron chi connectivity index (χ1n) is 32.6. The van der Waals surface area contributed by atoms with Gasteiger partial charge in [-0.15, -0.1) is 0 Å². The SMILES string of the molecule is CO[Si](CN1CCN(C(=O)C(C)N2C(=O)c3cc(Oc4ccc(C)cc4)c4c5c(Oc6ccc(C)cc6)cc6c7c(cc(Oc8ccc(C)cc8)c(c8c(Oc9ccc(C)cc9)cc(c3c48)C2=O)c75)C(=O)N(C(C)C(=O)N2CCN(C[Si](OC)(OC)OC)CC2)C6=O)CC1)(OC)OC. The normalized spacial score (nSPS) is 16.3. The summed E-state index contributed by atoms with van der Waals surface area (Å²) in [6, 6.07) is 33.3. The highest BCUT2D eigenvalue weighted by Crippen LogP contribution is 2.58. The maximum Gasteiger partial charge on any atom is 0.514 e. The van der Waals surface area contributed by atoms with E-state index in [1.807, 2.05) is 76.2 Å². The molecule has 0 aliphatic carbocycles. The summed E-state index contributed by atoms with van der Waals surface area (Å²) in [4.78, 5) is 104. The molecule has 0 saturated carbocycles. The maximum atomic E-state index is 16.0. The second-order valence-electron chi connectivity index (χ2n) is 25.5. The number of hydrogen-bond acceptors (Lipinski definition) is 18. The van der Waals surface area contributed by atoms with Gasteiger partial charge in [-0.05, 0) is 114 Å². The highest BCUT2D eigenvalue weighted by Gasteiger charge is 2.48. The fraction of sp³-hybridized carbons (Fsp3) is 0.324. The van der Waals surface area contributed by atoms with E-state index >= 15 is 28.8 Å². The van der Waals surface area contributed by atoms with E-state index in [0.717, 1.165) is 32.1 Å². The largest absolute Gasteiger partial charge is 0.514 e. The molecule has 2 saturated heterocycles. The Balaban J connectivity index is 1.06. The Labute approximate surface area is 569 Å². The summed E-state index contributed by atoms with van der Waals surface area (Å²) in [6.07, 6.45) is 0.783. The van der Waals surface area contributed by atoms with Crippen LogP contribution in [0.4, 0.5) is 0 Å². The minimum Gasteiger partial charge on any atom is -0.457 e. The zero-order chi connectivity index (χ0) is 69.2. The van der Waals surface area contributed by atoms with Crippen LogP contribution in [0.5, 0.6) is 46.0 Å². The molecule has 2 unspecified atom stereocenters. The van der Waals surface area contributed by atoms with Crippen molar-refractivity contribution in [1.82, 2.24) is 29.4 Å². The Kier molecular flexibility index (Phi) is 18.5. The van der Waals surface area contributed by atoms with Gasteiger partial charge in [-0.1, -0.05) is 70.8 Å². The average Bonchev–Trinajstić information content (AvgIpc) is 0.672.